The summed E-state index contributed by atoms with van der Waals surface area (Å²) < 4.78 is 29.7. The third-order valence-electron chi connectivity index (χ3n) is 7.88. The number of fused-ring (bicyclic) bond motifs is 2. The fourth-order valence-corrected chi connectivity index (χ4v) is 5.68. The molecular weight excluding hydrogens is 464 g/mol. The molecule has 188 valence electrons. The predicted molar refractivity (Wildman–Crippen MR) is 134 cm³/mol. The number of halogens is 2. The van der Waals surface area contributed by atoms with Crippen LogP contribution in [0.2, 0.25) is 0 Å². The summed E-state index contributed by atoms with van der Waals surface area (Å²) in [6.07, 6.45) is 9.25. The molecule has 0 radical (unpaired) electrons. The average molecular weight is 494 g/mol. The zero-order chi connectivity index (χ0) is 25.1. The van der Waals surface area contributed by atoms with Crippen molar-refractivity contribution in [2.75, 3.05) is 40.3 Å². The van der Waals surface area contributed by atoms with Crippen molar-refractivity contribution in [3.05, 3.63) is 69.6 Å². The first-order valence-electron chi connectivity index (χ1n) is 12.4. The average Bonchev–Trinajstić information content (AvgIpc) is 3.15. The fourth-order valence-electron chi connectivity index (χ4n) is 5.68. The lowest BCUT2D eigenvalue weighted by Crippen LogP contribution is -2.50. The molecule has 9 heteroatoms. The summed E-state index contributed by atoms with van der Waals surface area (Å²) in [6.45, 7) is 2.30. The number of rotatable bonds is 4. The van der Waals surface area contributed by atoms with E-state index >= 15 is 4.39 Å². The van der Waals surface area contributed by atoms with Crippen LogP contribution in [0.1, 0.15) is 36.0 Å². The van der Waals surface area contributed by atoms with Gasteiger partial charge in [-0.2, -0.15) is 5.10 Å². The van der Waals surface area contributed by atoms with Crippen molar-refractivity contribution >= 4 is 23.3 Å². The number of benzene rings is 1. The lowest BCUT2D eigenvalue weighted by Gasteiger charge is -2.39. The van der Waals surface area contributed by atoms with Crippen molar-refractivity contribution in [3.63, 3.8) is 0 Å². The summed E-state index contributed by atoms with van der Waals surface area (Å²) in [4.78, 5) is 18.6. The minimum Gasteiger partial charge on any atom is -0.393 e. The van der Waals surface area contributed by atoms with Gasteiger partial charge in [0.2, 0.25) is 5.91 Å². The summed E-state index contributed by atoms with van der Waals surface area (Å²) >= 11 is 0. The highest BCUT2D eigenvalue weighted by Gasteiger charge is 2.35. The van der Waals surface area contributed by atoms with E-state index in [9.17, 15) is 14.3 Å². The Morgan fingerprint density at radius 2 is 2.08 bits per heavy atom. The van der Waals surface area contributed by atoms with Crippen molar-refractivity contribution in [1.82, 2.24) is 20.1 Å². The van der Waals surface area contributed by atoms with E-state index in [1.807, 2.05) is 25.2 Å². The van der Waals surface area contributed by atoms with E-state index in [4.69, 9.17) is 0 Å². The third-order valence-corrected chi connectivity index (χ3v) is 7.88. The van der Waals surface area contributed by atoms with Gasteiger partial charge in [-0.1, -0.05) is 12.2 Å². The van der Waals surface area contributed by atoms with Gasteiger partial charge in [0.1, 0.15) is 0 Å². The van der Waals surface area contributed by atoms with E-state index in [0.717, 1.165) is 24.1 Å². The maximum Gasteiger partial charge on any atom is 0.236 e. The van der Waals surface area contributed by atoms with Gasteiger partial charge < -0.3 is 14.9 Å². The number of hydrazone groups is 1. The Hall–Kier alpha value is -3.30. The van der Waals surface area contributed by atoms with Gasteiger partial charge in [0.15, 0.2) is 11.6 Å². The highest BCUT2D eigenvalue weighted by Crippen LogP contribution is 2.41. The fraction of sp³-hybridized carbons (Fsp3) is 0.407. The molecule has 5 aliphatic rings. The molecule has 2 N–H and O–H groups in total. The summed E-state index contributed by atoms with van der Waals surface area (Å²) in [6, 6.07) is 1.35. The lowest BCUT2D eigenvalue weighted by molar-refractivity contribution is -0.137. The summed E-state index contributed by atoms with van der Waals surface area (Å²) in [5.74, 6) is -1.67. The van der Waals surface area contributed by atoms with Crippen molar-refractivity contribution < 1.29 is 18.7 Å². The highest BCUT2D eigenvalue weighted by atomic mass is 19.2. The second-order valence-corrected chi connectivity index (χ2v) is 10.3. The Bertz CT molecular complexity index is 1310. The highest BCUT2D eigenvalue weighted by molar-refractivity contribution is 6.20. The molecule has 1 aromatic rings. The van der Waals surface area contributed by atoms with Gasteiger partial charge in [-0.05, 0) is 42.5 Å². The number of hydrogen-bond acceptors (Lipinski definition) is 6. The standard InChI is InChI=1S/C27H29F2N5O2/c1-32-12-19(15-5-7-34(8-6-15)14-23(36)33(2)17-10-18(35)11-17)27-20(13-32)25-24-16(9-21(28)26(25)29)3-4-22(24)30-31-27/h3-5,9,13,17-18,31,35H,6-8,10-12,14H2,1-2H3. The van der Waals surface area contributed by atoms with Crippen LogP contribution < -0.4 is 5.43 Å². The molecule has 0 unspecified atom stereocenters. The van der Waals surface area contributed by atoms with Gasteiger partial charge in [0, 0.05) is 68.2 Å². The van der Waals surface area contributed by atoms with Crippen LogP contribution in [-0.2, 0) is 4.79 Å². The molecule has 3 aliphatic heterocycles. The molecule has 1 saturated carbocycles. The summed E-state index contributed by atoms with van der Waals surface area (Å²) in [5.41, 5.74) is 8.66. The monoisotopic (exact) mass is 493 g/mol. The molecule has 0 bridgehead atoms. The zero-order valence-electron chi connectivity index (χ0n) is 20.4. The molecule has 0 aromatic heterocycles. The Labute approximate surface area is 208 Å². The van der Waals surface area contributed by atoms with E-state index in [2.05, 4.69) is 21.5 Å². The second kappa shape index (κ2) is 8.67. The summed E-state index contributed by atoms with van der Waals surface area (Å²) in [7, 11) is 3.73. The lowest BCUT2D eigenvalue weighted by atomic mass is 9.87. The van der Waals surface area contributed by atoms with Gasteiger partial charge in [0.25, 0.3) is 0 Å². The first kappa shape index (κ1) is 23.1. The molecule has 3 heterocycles. The number of amides is 1. The van der Waals surface area contributed by atoms with E-state index < -0.39 is 11.6 Å². The van der Waals surface area contributed by atoms with Crippen LogP contribution >= 0.6 is 0 Å². The van der Waals surface area contributed by atoms with Gasteiger partial charge >= 0.3 is 0 Å². The quantitative estimate of drug-likeness (QED) is 0.675. The molecule has 0 saturated heterocycles. The molecule has 0 spiro atoms. The number of allylic oxidation sites excluding steroid dienone is 2. The normalized spacial score (nSPS) is 24.7. The van der Waals surface area contributed by atoms with E-state index in [0.29, 0.717) is 60.6 Å². The maximum absolute atomic E-state index is 15.2. The van der Waals surface area contributed by atoms with Crippen molar-refractivity contribution in [2.24, 2.45) is 5.10 Å². The minimum atomic E-state index is -0.870. The molecule has 1 aromatic carbocycles. The Morgan fingerprint density at radius 1 is 1.28 bits per heavy atom. The second-order valence-electron chi connectivity index (χ2n) is 10.3. The molecule has 0 atom stereocenters. The Morgan fingerprint density at radius 3 is 2.81 bits per heavy atom. The molecule has 2 aliphatic carbocycles. The van der Waals surface area contributed by atoms with Crippen molar-refractivity contribution in [1.29, 1.82) is 0 Å². The molecule has 6 rings (SSSR count). The number of nitrogens with zero attached hydrogens (tertiary/aromatic N) is 4. The van der Waals surface area contributed by atoms with Crippen LogP contribution in [-0.4, -0.2) is 83.8 Å². The first-order valence-corrected chi connectivity index (χ1v) is 12.4. The van der Waals surface area contributed by atoms with E-state index in [1.54, 1.807) is 17.1 Å². The van der Waals surface area contributed by atoms with Crippen LogP contribution in [0.25, 0.3) is 11.6 Å². The van der Waals surface area contributed by atoms with Crippen LogP contribution in [0.3, 0.4) is 0 Å². The number of aliphatic hydroxyl groups excluding tert-OH is 1. The topological polar surface area (TPSA) is 71.4 Å². The van der Waals surface area contributed by atoms with Gasteiger partial charge in [0.05, 0.1) is 24.1 Å². The van der Waals surface area contributed by atoms with Crippen LogP contribution in [0.15, 0.2) is 46.4 Å². The van der Waals surface area contributed by atoms with E-state index in [-0.39, 0.29) is 23.6 Å². The van der Waals surface area contributed by atoms with Gasteiger partial charge in [-0.15, -0.1) is 0 Å². The molecular formula is C27H29F2N5O2. The largest absolute Gasteiger partial charge is 0.393 e. The number of carbonyl (C=O) groups excluding carboxylic acids is 1. The van der Waals surface area contributed by atoms with Gasteiger partial charge in [-0.3, -0.25) is 15.1 Å². The SMILES string of the molecule is CN1C=C2C(=C(C3=CCN(CC(=O)N(C)C4CC(O)C4)CC3)C1)NN=C1C=Cc3cc(F)c(F)c2c31. The van der Waals surface area contributed by atoms with Crippen molar-refractivity contribution in [3.8, 4) is 0 Å². The number of hydrogen-bond donors (Lipinski definition) is 2. The number of carbonyl (C=O) groups is 1. The number of aliphatic hydroxyl groups is 1. The summed E-state index contributed by atoms with van der Waals surface area (Å²) in [5, 5.41) is 14.1. The third kappa shape index (κ3) is 3.77. The first-order chi connectivity index (χ1) is 17.3. The minimum absolute atomic E-state index is 0.0631. The number of nitrogens with one attached hydrogen (secondary N) is 1. The van der Waals surface area contributed by atoms with Crippen LogP contribution in [0.4, 0.5) is 8.78 Å². The number of likely N-dealkylation sites (N-methyl/N-ethyl adjacent to an activating group) is 2. The van der Waals surface area contributed by atoms with E-state index in [1.165, 1.54) is 6.07 Å². The maximum atomic E-state index is 15.2. The molecule has 1 fully saturated rings. The van der Waals surface area contributed by atoms with Gasteiger partial charge in [-0.25, -0.2) is 8.78 Å². The Balaban J connectivity index is 1.27. The van der Waals surface area contributed by atoms with Crippen LogP contribution in [0, 0.1) is 11.6 Å². The van der Waals surface area contributed by atoms with Crippen LogP contribution in [0.5, 0.6) is 0 Å². The smallest absolute Gasteiger partial charge is 0.236 e. The predicted octanol–water partition coefficient (Wildman–Crippen LogP) is 2.45. The Kier molecular flexibility index (Phi) is 5.57. The zero-order valence-corrected chi connectivity index (χ0v) is 20.4. The van der Waals surface area contributed by atoms with Crippen molar-refractivity contribution in [2.45, 2.75) is 31.4 Å². The molecule has 36 heavy (non-hydrogen) atoms. The molecule has 7 nitrogen and oxygen atoms in total. The molecule has 1 amide bonds.